The van der Waals surface area contributed by atoms with Gasteiger partial charge in [-0.15, -0.1) is 4.52 Å². The fourth-order valence-electron chi connectivity index (χ4n) is 2.84. The van der Waals surface area contributed by atoms with E-state index in [1.807, 2.05) is 0 Å². The van der Waals surface area contributed by atoms with Gasteiger partial charge in [-0.25, -0.2) is 4.79 Å². The summed E-state index contributed by atoms with van der Waals surface area (Å²) in [6.07, 6.45) is 0.134. The third-order valence-corrected chi connectivity index (χ3v) is 6.06. The highest BCUT2D eigenvalue weighted by Crippen LogP contribution is 2.63. The molecule has 27 heavy (non-hydrogen) atoms. The van der Waals surface area contributed by atoms with Crippen molar-refractivity contribution in [1.29, 1.82) is 0 Å². The summed E-state index contributed by atoms with van der Waals surface area (Å²) in [6, 6.07) is 0. The summed E-state index contributed by atoms with van der Waals surface area (Å²) in [5.41, 5.74) is -0.695. The maximum Gasteiger partial charge on any atom is 0.573 e. The second-order valence-electron chi connectivity index (χ2n) is 6.61. The Hall–Kier alpha value is -1.62. The number of ether oxygens (including phenoxy) is 1. The molecule has 12 heteroatoms. The van der Waals surface area contributed by atoms with Gasteiger partial charge in [0.25, 0.3) is 5.56 Å². The van der Waals surface area contributed by atoms with Crippen molar-refractivity contribution >= 4 is 14.1 Å². The van der Waals surface area contributed by atoms with Crippen molar-refractivity contribution in [3.63, 3.8) is 0 Å². The largest absolute Gasteiger partial charge is 0.573 e. The van der Waals surface area contributed by atoms with Gasteiger partial charge in [-0.1, -0.05) is 6.92 Å². The molecule has 11 nitrogen and oxygen atoms in total. The zero-order valence-corrected chi connectivity index (χ0v) is 15.8. The first-order chi connectivity index (χ1) is 12.7. The van der Waals surface area contributed by atoms with Crippen molar-refractivity contribution in [3.05, 3.63) is 32.6 Å². The molecule has 2 aliphatic rings. The second kappa shape index (κ2) is 7.78. The molecule has 2 aliphatic heterocycles. The van der Waals surface area contributed by atoms with E-state index in [0.29, 0.717) is 5.56 Å². The van der Waals surface area contributed by atoms with Crippen LogP contribution in [0.1, 0.15) is 31.6 Å². The topological polar surface area (TPSA) is 149 Å². The molecule has 0 amide bonds. The molecular formula is C15H22N2O9P+. The van der Waals surface area contributed by atoms with E-state index in [1.165, 1.54) is 17.7 Å². The Morgan fingerprint density at radius 2 is 2.22 bits per heavy atom. The normalized spacial score (nSPS) is 31.4. The molecule has 2 saturated heterocycles. The number of hydrogen-bond acceptors (Lipinski definition) is 8. The molecule has 0 aromatic carbocycles. The third-order valence-electron chi connectivity index (χ3n) is 4.53. The number of carboxylic acids is 1. The Bertz CT molecular complexity index is 824. The fourth-order valence-corrected chi connectivity index (χ4v) is 4.27. The number of fused-ring (bicyclic) bond motifs is 1. The Morgan fingerprint density at radius 3 is 2.93 bits per heavy atom. The number of carboxylic acid groups (broad SMARTS) is 1. The highest BCUT2D eigenvalue weighted by Gasteiger charge is 2.57. The summed E-state index contributed by atoms with van der Waals surface area (Å²) < 4.78 is 23.1. The van der Waals surface area contributed by atoms with Gasteiger partial charge in [0, 0.05) is 18.2 Å². The van der Waals surface area contributed by atoms with E-state index in [2.05, 4.69) is 4.98 Å². The number of aryl methyl sites for hydroxylation is 1. The SMILES string of the molecule is Cc1cn([C@@H]2C[C@H]3O[P+](O)(OCC[C@H](C)C(=O)O)OC[C@@H]3O2)c(=O)[nH]c1=O. The average Bonchev–Trinajstić information content (AvgIpc) is 3.00. The Labute approximate surface area is 154 Å². The van der Waals surface area contributed by atoms with Crippen LogP contribution in [0.25, 0.3) is 0 Å². The van der Waals surface area contributed by atoms with Crippen LogP contribution >= 0.6 is 8.17 Å². The summed E-state index contributed by atoms with van der Waals surface area (Å²) in [6.45, 7) is 3.09. The predicted molar refractivity (Wildman–Crippen MR) is 91.9 cm³/mol. The zero-order valence-electron chi connectivity index (χ0n) is 14.9. The van der Waals surface area contributed by atoms with Crippen LogP contribution in [-0.2, 0) is 23.1 Å². The summed E-state index contributed by atoms with van der Waals surface area (Å²) >= 11 is 0. The van der Waals surface area contributed by atoms with Gasteiger partial charge in [0.2, 0.25) is 0 Å². The molecule has 3 rings (SSSR count). The number of aliphatic carboxylic acids is 1. The summed E-state index contributed by atoms with van der Waals surface area (Å²) in [4.78, 5) is 46.9. The summed E-state index contributed by atoms with van der Waals surface area (Å²) in [5.74, 6) is -1.58. The number of hydrogen-bond donors (Lipinski definition) is 3. The maximum atomic E-state index is 12.0. The summed E-state index contributed by atoms with van der Waals surface area (Å²) in [7, 11) is -3.59. The molecule has 0 bridgehead atoms. The predicted octanol–water partition coefficient (Wildman–Crippen LogP) is 0.345. The first-order valence-corrected chi connectivity index (χ1v) is 9.97. The molecular weight excluding hydrogens is 383 g/mol. The number of carbonyl (C=O) groups is 1. The van der Waals surface area contributed by atoms with E-state index in [1.54, 1.807) is 6.92 Å². The lowest BCUT2D eigenvalue weighted by Gasteiger charge is -2.26. The van der Waals surface area contributed by atoms with Gasteiger partial charge in [0.1, 0.15) is 31.6 Å². The van der Waals surface area contributed by atoms with Crippen molar-refractivity contribution in [2.75, 3.05) is 13.2 Å². The number of rotatable bonds is 6. The van der Waals surface area contributed by atoms with Crippen LogP contribution in [0.3, 0.4) is 0 Å². The Kier molecular flexibility index (Phi) is 5.80. The van der Waals surface area contributed by atoms with Crippen molar-refractivity contribution < 1.29 is 33.1 Å². The molecule has 0 radical (unpaired) electrons. The van der Waals surface area contributed by atoms with Gasteiger partial charge < -0.3 is 9.84 Å². The lowest BCUT2D eigenvalue weighted by molar-refractivity contribution is -0.141. The molecule has 150 valence electrons. The minimum absolute atomic E-state index is 0.0109. The van der Waals surface area contributed by atoms with E-state index in [0.717, 1.165) is 0 Å². The van der Waals surface area contributed by atoms with Crippen molar-refractivity contribution in [2.45, 2.75) is 45.1 Å². The minimum atomic E-state index is -3.59. The van der Waals surface area contributed by atoms with Crippen LogP contribution in [0.4, 0.5) is 0 Å². The second-order valence-corrected chi connectivity index (χ2v) is 8.28. The molecule has 0 saturated carbocycles. The van der Waals surface area contributed by atoms with Gasteiger partial charge in [-0.05, 0) is 13.3 Å². The van der Waals surface area contributed by atoms with Crippen LogP contribution in [0, 0.1) is 12.8 Å². The Morgan fingerprint density at radius 1 is 1.48 bits per heavy atom. The zero-order chi connectivity index (χ0) is 19.8. The van der Waals surface area contributed by atoms with E-state index in [4.69, 9.17) is 23.4 Å². The molecule has 1 unspecified atom stereocenters. The molecule has 5 atom stereocenters. The number of aromatic nitrogens is 2. The van der Waals surface area contributed by atoms with E-state index < -0.39 is 49.7 Å². The van der Waals surface area contributed by atoms with E-state index >= 15 is 0 Å². The van der Waals surface area contributed by atoms with Gasteiger partial charge in [-0.3, -0.25) is 19.1 Å². The van der Waals surface area contributed by atoms with Crippen LogP contribution in [-0.4, -0.2) is 50.9 Å². The Balaban J connectivity index is 1.62. The quantitative estimate of drug-likeness (QED) is 0.570. The number of nitrogens with zero attached hydrogens (tertiary/aromatic N) is 1. The standard InChI is InChI=1S/C15H21N2O9P/c1-8(14(19)20)3-4-23-27(22)24-7-11-10(26-27)5-12(25-11)17-6-9(2)13(18)16-15(17)21/h6,8,10-12,22H,3-5,7H2,1-2H3,(H-,16,18,19,20,21)/p+1/t8-,10+,11-,12-,27?/m0/s1. The highest BCUT2D eigenvalue weighted by molar-refractivity contribution is 7.55. The number of aromatic amines is 1. The third kappa shape index (κ3) is 4.45. The first kappa shape index (κ1) is 20.1. The minimum Gasteiger partial charge on any atom is -0.481 e. The van der Waals surface area contributed by atoms with Crippen molar-refractivity contribution in [1.82, 2.24) is 9.55 Å². The highest BCUT2D eigenvalue weighted by atomic mass is 31.2. The smallest absolute Gasteiger partial charge is 0.481 e. The van der Waals surface area contributed by atoms with Crippen molar-refractivity contribution in [2.24, 2.45) is 5.92 Å². The first-order valence-electron chi connectivity index (χ1n) is 8.48. The number of H-pyrrole nitrogens is 1. The monoisotopic (exact) mass is 405 g/mol. The van der Waals surface area contributed by atoms with Crippen LogP contribution in [0.5, 0.6) is 0 Å². The molecule has 1 aromatic rings. The molecule has 3 N–H and O–H groups in total. The molecule has 2 fully saturated rings. The van der Waals surface area contributed by atoms with E-state index in [-0.39, 0.29) is 26.1 Å². The van der Waals surface area contributed by atoms with Gasteiger partial charge >= 0.3 is 19.8 Å². The molecule has 3 heterocycles. The van der Waals surface area contributed by atoms with Crippen LogP contribution in [0.2, 0.25) is 0 Å². The number of nitrogens with one attached hydrogen (secondary N) is 1. The molecule has 1 aromatic heterocycles. The lowest BCUT2D eigenvalue weighted by atomic mass is 10.1. The van der Waals surface area contributed by atoms with Gasteiger partial charge in [-0.2, -0.15) is 13.9 Å². The van der Waals surface area contributed by atoms with Gasteiger partial charge in [0.15, 0.2) is 0 Å². The fraction of sp³-hybridized carbons (Fsp3) is 0.667. The lowest BCUT2D eigenvalue weighted by Crippen LogP contribution is -2.35. The van der Waals surface area contributed by atoms with Crippen LogP contribution in [0.15, 0.2) is 15.8 Å². The summed E-state index contributed by atoms with van der Waals surface area (Å²) in [5, 5.41) is 8.86. The maximum absolute atomic E-state index is 12.0. The van der Waals surface area contributed by atoms with E-state index in [9.17, 15) is 19.3 Å². The molecule has 0 aliphatic carbocycles. The van der Waals surface area contributed by atoms with Crippen molar-refractivity contribution in [3.8, 4) is 0 Å². The average molecular weight is 405 g/mol. The van der Waals surface area contributed by atoms with Crippen LogP contribution < -0.4 is 11.2 Å². The molecule has 0 spiro atoms. The van der Waals surface area contributed by atoms with Gasteiger partial charge in [0.05, 0.1) is 5.92 Å².